The van der Waals surface area contributed by atoms with E-state index in [1.165, 1.54) is 22.3 Å². The molecular weight excluding hydrogens is 210 g/mol. The highest BCUT2D eigenvalue weighted by Gasteiger charge is 2.08. The van der Waals surface area contributed by atoms with Crippen LogP contribution in [0.3, 0.4) is 0 Å². The molecule has 0 radical (unpaired) electrons. The molecule has 1 unspecified atom stereocenters. The van der Waals surface area contributed by atoms with Gasteiger partial charge in [0.2, 0.25) is 0 Å². The molecule has 0 aromatic heterocycles. The molecule has 0 fully saturated rings. The van der Waals surface area contributed by atoms with Gasteiger partial charge >= 0.3 is 0 Å². The first-order chi connectivity index (χ1) is 8.08. The van der Waals surface area contributed by atoms with Crippen LogP contribution in [0.2, 0.25) is 0 Å². The van der Waals surface area contributed by atoms with E-state index in [0.717, 1.165) is 19.4 Å². The second-order valence-corrected chi connectivity index (χ2v) is 4.88. The van der Waals surface area contributed by atoms with Crippen LogP contribution in [-0.4, -0.2) is 17.8 Å². The van der Waals surface area contributed by atoms with Crippen molar-refractivity contribution in [1.82, 2.24) is 5.32 Å². The maximum absolute atomic E-state index is 8.97. The SMILES string of the molecule is CCC(CCO)NCc1c(C)cc(C)cc1C. The Balaban J connectivity index is 2.68. The smallest absolute Gasteiger partial charge is 0.0445 e. The normalized spacial score (nSPS) is 12.8. The quantitative estimate of drug-likeness (QED) is 0.794. The Labute approximate surface area is 105 Å². The average Bonchev–Trinajstić information content (AvgIpc) is 2.26. The standard InChI is InChI=1S/C15H25NO/c1-5-14(6-7-17)16-10-15-12(3)8-11(2)9-13(15)4/h8-9,14,16-17H,5-7,10H2,1-4H3. The molecule has 0 heterocycles. The highest BCUT2D eigenvalue weighted by atomic mass is 16.3. The van der Waals surface area contributed by atoms with E-state index in [4.69, 9.17) is 5.11 Å². The molecule has 0 bridgehead atoms. The van der Waals surface area contributed by atoms with E-state index in [9.17, 15) is 0 Å². The van der Waals surface area contributed by atoms with Gasteiger partial charge in [-0.15, -0.1) is 0 Å². The number of aryl methyl sites for hydroxylation is 3. The molecule has 0 amide bonds. The first-order valence-electron chi connectivity index (χ1n) is 6.49. The zero-order chi connectivity index (χ0) is 12.8. The summed E-state index contributed by atoms with van der Waals surface area (Å²) in [7, 11) is 0. The molecule has 0 aliphatic heterocycles. The van der Waals surface area contributed by atoms with E-state index in [2.05, 4.69) is 45.1 Å². The van der Waals surface area contributed by atoms with Crippen LogP contribution >= 0.6 is 0 Å². The summed E-state index contributed by atoms with van der Waals surface area (Å²) in [6.07, 6.45) is 1.89. The molecule has 2 nitrogen and oxygen atoms in total. The van der Waals surface area contributed by atoms with Gasteiger partial charge in [-0.25, -0.2) is 0 Å². The molecule has 0 saturated carbocycles. The van der Waals surface area contributed by atoms with E-state index >= 15 is 0 Å². The maximum atomic E-state index is 8.97. The van der Waals surface area contributed by atoms with E-state index in [-0.39, 0.29) is 6.61 Å². The summed E-state index contributed by atoms with van der Waals surface area (Å²) in [5, 5.41) is 12.5. The van der Waals surface area contributed by atoms with Crippen LogP contribution < -0.4 is 5.32 Å². The number of hydrogen-bond donors (Lipinski definition) is 2. The van der Waals surface area contributed by atoms with E-state index in [1.807, 2.05) is 0 Å². The Morgan fingerprint density at radius 3 is 2.24 bits per heavy atom. The fourth-order valence-corrected chi connectivity index (χ4v) is 2.34. The minimum absolute atomic E-state index is 0.261. The molecule has 0 aliphatic rings. The number of benzene rings is 1. The third-order valence-electron chi connectivity index (χ3n) is 3.38. The van der Waals surface area contributed by atoms with Crippen molar-refractivity contribution in [1.29, 1.82) is 0 Å². The van der Waals surface area contributed by atoms with Gasteiger partial charge in [0, 0.05) is 19.2 Å². The fourth-order valence-electron chi connectivity index (χ4n) is 2.34. The lowest BCUT2D eigenvalue weighted by molar-refractivity contribution is 0.262. The van der Waals surface area contributed by atoms with Crippen molar-refractivity contribution in [3.63, 3.8) is 0 Å². The Kier molecular flexibility index (Phi) is 5.66. The second kappa shape index (κ2) is 6.77. The summed E-state index contributed by atoms with van der Waals surface area (Å²) in [5.74, 6) is 0. The first-order valence-corrected chi connectivity index (χ1v) is 6.49. The highest BCUT2D eigenvalue weighted by molar-refractivity contribution is 5.37. The number of aliphatic hydroxyl groups excluding tert-OH is 1. The van der Waals surface area contributed by atoms with Crippen LogP contribution in [0.15, 0.2) is 12.1 Å². The van der Waals surface area contributed by atoms with Crippen molar-refractivity contribution in [3.05, 3.63) is 34.4 Å². The summed E-state index contributed by atoms with van der Waals surface area (Å²) < 4.78 is 0. The van der Waals surface area contributed by atoms with Crippen molar-refractivity contribution < 1.29 is 5.11 Å². The van der Waals surface area contributed by atoms with Crippen LogP contribution in [0.5, 0.6) is 0 Å². The molecular formula is C15H25NO. The average molecular weight is 235 g/mol. The third-order valence-corrected chi connectivity index (χ3v) is 3.38. The van der Waals surface area contributed by atoms with Gasteiger partial charge in [0.25, 0.3) is 0 Å². The van der Waals surface area contributed by atoms with Crippen molar-refractivity contribution in [2.45, 2.75) is 53.1 Å². The lowest BCUT2D eigenvalue weighted by Gasteiger charge is -2.18. The largest absolute Gasteiger partial charge is 0.396 e. The van der Waals surface area contributed by atoms with Gasteiger partial charge in [0.1, 0.15) is 0 Å². The second-order valence-electron chi connectivity index (χ2n) is 4.88. The molecule has 17 heavy (non-hydrogen) atoms. The number of hydrogen-bond acceptors (Lipinski definition) is 2. The number of rotatable bonds is 6. The molecule has 1 rings (SSSR count). The van der Waals surface area contributed by atoms with Crippen LogP contribution in [-0.2, 0) is 6.54 Å². The molecule has 1 aromatic rings. The Bertz CT molecular complexity index is 337. The summed E-state index contributed by atoms with van der Waals surface area (Å²) in [6.45, 7) is 9.79. The van der Waals surface area contributed by atoms with Gasteiger partial charge in [0.05, 0.1) is 0 Å². The monoisotopic (exact) mass is 235 g/mol. The van der Waals surface area contributed by atoms with Gasteiger partial charge in [0.15, 0.2) is 0 Å². The van der Waals surface area contributed by atoms with Crippen LogP contribution in [0, 0.1) is 20.8 Å². The zero-order valence-electron chi connectivity index (χ0n) is 11.5. The molecule has 0 saturated heterocycles. The summed E-state index contributed by atoms with van der Waals surface area (Å²) in [6, 6.07) is 4.88. The molecule has 1 atom stereocenters. The van der Waals surface area contributed by atoms with Gasteiger partial charge in [-0.2, -0.15) is 0 Å². The molecule has 1 aromatic carbocycles. The molecule has 0 aliphatic carbocycles. The molecule has 96 valence electrons. The molecule has 0 spiro atoms. The molecule has 2 heteroatoms. The van der Waals surface area contributed by atoms with Gasteiger partial charge in [-0.1, -0.05) is 24.6 Å². The van der Waals surface area contributed by atoms with E-state index in [0.29, 0.717) is 6.04 Å². The van der Waals surface area contributed by atoms with Gasteiger partial charge in [-0.3, -0.25) is 0 Å². The van der Waals surface area contributed by atoms with Crippen molar-refractivity contribution in [2.75, 3.05) is 6.61 Å². The Morgan fingerprint density at radius 1 is 1.18 bits per heavy atom. The van der Waals surface area contributed by atoms with Gasteiger partial charge in [-0.05, 0) is 50.3 Å². The predicted octanol–water partition coefficient (Wildman–Crippen LogP) is 2.86. The molecule has 2 N–H and O–H groups in total. The number of nitrogens with one attached hydrogen (secondary N) is 1. The van der Waals surface area contributed by atoms with Crippen LogP contribution in [0.4, 0.5) is 0 Å². The van der Waals surface area contributed by atoms with Gasteiger partial charge < -0.3 is 10.4 Å². The van der Waals surface area contributed by atoms with Crippen LogP contribution in [0.1, 0.15) is 42.0 Å². The topological polar surface area (TPSA) is 32.3 Å². The lowest BCUT2D eigenvalue weighted by Crippen LogP contribution is -2.29. The summed E-state index contributed by atoms with van der Waals surface area (Å²) in [5.41, 5.74) is 5.43. The Morgan fingerprint density at radius 2 is 1.76 bits per heavy atom. The van der Waals surface area contributed by atoms with Crippen LogP contribution in [0.25, 0.3) is 0 Å². The lowest BCUT2D eigenvalue weighted by atomic mass is 9.99. The summed E-state index contributed by atoms with van der Waals surface area (Å²) >= 11 is 0. The van der Waals surface area contributed by atoms with E-state index in [1.54, 1.807) is 0 Å². The summed E-state index contributed by atoms with van der Waals surface area (Å²) in [4.78, 5) is 0. The van der Waals surface area contributed by atoms with E-state index < -0.39 is 0 Å². The third kappa shape index (κ3) is 4.14. The van der Waals surface area contributed by atoms with Crippen molar-refractivity contribution >= 4 is 0 Å². The minimum Gasteiger partial charge on any atom is -0.396 e. The first kappa shape index (κ1) is 14.2. The van der Waals surface area contributed by atoms with Crippen molar-refractivity contribution in [3.8, 4) is 0 Å². The highest BCUT2D eigenvalue weighted by Crippen LogP contribution is 2.16. The zero-order valence-corrected chi connectivity index (χ0v) is 11.5. The maximum Gasteiger partial charge on any atom is 0.0445 e. The predicted molar refractivity (Wildman–Crippen MR) is 73.3 cm³/mol. The number of aliphatic hydroxyl groups is 1. The van der Waals surface area contributed by atoms with Crippen molar-refractivity contribution in [2.24, 2.45) is 0 Å². The Hall–Kier alpha value is -0.860. The minimum atomic E-state index is 0.261. The fraction of sp³-hybridized carbons (Fsp3) is 0.600.